The van der Waals surface area contributed by atoms with E-state index in [4.69, 9.17) is 0 Å². The maximum atomic E-state index is 9.82. The van der Waals surface area contributed by atoms with E-state index in [1.807, 2.05) is 19.1 Å². The highest BCUT2D eigenvalue weighted by Crippen LogP contribution is 2.13. The van der Waals surface area contributed by atoms with Gasteiger partial charge in [0.1, 0.15) is 5.76 Å². The molecule has 80 valence electrons. The molecule has 1 N–H and O–H groups in total. The minimum Gasteiger partial charge on any atom is -0.507 e. The summed E-state index contributed by atoms with van der Waals surface area (Å²) >= 11 is 0. The fourth-order valence-electron chi connectivity index (χ4n) is 1.23. The molecular weight excluding hydrogens is 202 g/mol. The predicted octanol–water partition coefficient (Wildman–Crippen LogP) is 2.24. The Hall–Kier alpha value is -2.23. The molecule has 2 aromatic rings. The summed E-state index contributed by atoms with van der Waals surface area (Å²) < 4.78 is 0. The van der Waals surface area contributed by atoms with Crippen LogP contribution < -0.4 is 0 Å². The van der Waals surface area contributed by atoms with Crippen LogP contribution in [0.5, 0.6) is 0 Å². The van der Waals surface area contributed by atoms with Gasteiger partial charge in [-0.25, -0.2) is 0 Å². The Morgan fingerprint density at radius 1 is 1.31 bits per heavy atom. The molecule has 2 aromatic heterocycles. The van der Waals surface area contributed by atoms with E-state index in [0.29, 0.717) is 11.3 Å². The average Bonchev–Trinajstić information content (AvgIpc) is 2.31. The van der Waals surface area contributed by atoms with Gasteiger partial charge in [-0.15, -0.1) is 0 Å². The van der Waals surface area contributed by atoms with Gasteiger partial charge in [-0.05, 0) is 31.2 Å². The highest BCUT2D eigenvalue weighted by atomic mass is 16.3. The van der Waals surface area contributed by atoms with Crippen molar-refractivity contribution in [3.63, 3.8) is 0 Å². The second kappa shape index (κ2) is 4.53. The first-order valence-electron chi connectivity index (χ1n) is 4.87. The van der Waals surface area contributed by atoms with Gasteiger partial charge in [-0.1, -0.05) is 0 Å². The van der Waals surface area contributed by atoms with Crippen LogP contribution in [0.1, 0.15) is 17.0 Å². The van der Waals surface area contributed by atoms with Crippen LogP contribution in [-0.2, 0) is 0 Å². The zero-order valence-electron chi connectivity index (χ0n) is 8.83. The molecule has 4 heteroatoms. The van der Waals surface area contributed by atoms with Crippen molar-refractivity contribution in [2.75, 3.05) is 0 Å². The third-order valence-electron chi connectivity index (χ3n) is 2.08. The first-order chi connectivity index (χ1) is 7.75. The van der Waals surface area contributed by atoms with Crippen molar-refractivity contribution in [1.29, 1.82) is 0 Å². The molecule has 0 saturated carbocycles. The number of rotatable bonds is 2. The summed E-state index contributed by atoms with van der Waals surface area (Å²) in [6, 6.07) is 7.19. The third kappa shape index (κ3) is 2.42. The Morgan fingerprint density at radius 3 is 2.81 bits per heavy atom. The summed E-state index contributed by atoms with van der Waals surface area (Å²) in [6.45, 7) is 1.90. The van der Waals surface area contributed by atoms with Crippen LogP contribution in [0.15, 0.2) is 36.7 Å². The number of nitrogens with zero attached hydrogens (tertiary/aromatic N) is 3. The van der Waals surface area contributed by atoms with Gasteiger partial charge in [-0.2, -0.15) is 10.2 Å². The van der Waals surface area contributed by atoms with Crippen molar-refractivity contribution in [3.8, 4) is 0 Å². The van der Waals surface area contributed by atoms with Gasteiger partial charge in [0, 0.05) is 29.7 Å². The maximum Gasteiger partial charge on any atom is 0.126 e. The van der Waals surface area contributed by atoms with E-state index in [1.54, 1.807) is 30.6 Å². The molecule has 4 nitrogen and oxygen atoms in total. The number of pyridine rings is 1. The highest BCUT2D eigenvalue weighted by molar-refractivity contribution is 5.74. The zero-order chi connectivity index (χ0) is 11.4. The van der Waals surface area contributed by atoms with E-state index in [1.165, 1.54) is 0 Å². The van der Waals surface area contributed by atoms with Crippen LogP contribution >= 0.6 is 0 Å². The van der Waals surface area contributed by atoms with Crippen molar-refractivity contribution in [1.82, 2.24) is 15.2 Å². The number of aromatic nitrogens is 3. The molecule has 2 rings (SSSR count). The number of aryl methyl sites for hydroxylation is 1. The summed E-state index contributed by atoms with van der Waals surface area (Å²) in [5.41, 5.74) is 2.19. The minimum atomic E-state index is 0.132. The normalized spacial score (nSPS) is 11.4. The van der Waals surface area contributed by atoms with Gasteiger partial charge in [0.05, 0.1) is 5.69 Å². The number of aliphatic hydroxyl groups is 1. The molecule has 0 fully saturated rings. The Labute approximate surface area is 93.3 Å². The Balaban J connectivity index is 2.28. The van der Waals surface area contributed by atoms with Crippen molar-refractivity contribution in [2.24, 2.45) is 0 Å². The van der Waals surface area contributed by atoms with Gasteiger partial charge in [-0.3, -0.25) is 4.98 Å². The lowest BCUT2D eigenvalue weighted by Gasteiger charge is -1.99. The lowest BCUT2D eigenvalue weighted by Crippen LogP contribution is -1.89. The molecule has 0 aliphatic carbocycles. The van der Waals surface area contributed by atoms with Crippen LogP contribution in [0.2, 0.25) is 0 Å². The van der Waals surface area contributed by atoms with Gasteiger partial charge >= 0.3 is 0 Å². The highest BCUT2D eigenvalue weighted by Gasteiger charge is 1.99. The van der Waals surface area contributed by atoms with Crippen LogP contribution in [0.4, 0.5) is 0 Å². The van der Waals surface area contributed by atoms with Crippen LogP contribution in [-0.4, -0.2) is 20.3 Å². The Morgan fingerprint density at radius 2 is 2.19 bits per heavy atom. The number of hydrogen-bond donors (Lipinski definition) is 1. The molecule has 0 amide bonds. The van der Waals surface area contributed by atoms with E-state index >= 15 is 0 Å². The van der Waals surface area contributed by atoms with Gasteiger partial charge in [0.25, 0.3) is 0 Å². The summed E-state index contributed by atoms with van der Waals surface area (Å²) in [5, 5.41) is 17.4. The monoisotopic (exact) mass is 213 g/mol. The molecule has 0 saturated heterocycles. The minimum absolute atomic E-state index is 0.132. The van der Waals surface area contributed by atoms with E-state index in [-0.39, 0.29) is 5.76 Å². The fourth-order valence-corrected chi connectivity index (χ4v) is 1.23. The number of hydrogen-bond acceptors (Lipinski definition) is 4. The first-order valence-corrected chi connectivity index (χ1v) is 4.87. The standard InChI is InChI=1S/C12H11N3O/c1-9-4-5-10(8-13-9)12(16)7-11-3-2-6-14-15-11/h2-8,16H,1H3. The molecule has 0 unspecified atom stereocenters. The molecule has 0 aliphatic heterocycles. The largest absolute Gasteiger partial charge is 0.507 e. The lowest BCUT2D eigenvalue weighted by molar-refractivity contribution is 0.515. The molecule has 0 aliphatic rings. The predicted molar refractivity (Wildman–Crippen MR) is 61.5 cm³/mol. The average molecular weight is 213 g/mol. The molecule has 0 bridgehead atoms. The van der Waals surface area contributed by atoms with Crippen molar-refractivity contribution < 1.29 is 5.11 Å². The zero-order valence-corrected chi connectivity index (χ0v) is 8.83. The van der Waals surface area contributed by atoms with Crippen molar-refractivity contribution in [3.05, 3.63) is 53.6 Å². The van der Waals surface area contributed by atoms with E-state index in [2.05, 4.69) is 15.2 Å². The molecule has 16 heavy (non-hydrogen) atoms. The van der Waals surface area contributed by atoms with Crippen LogP contribution in [0, 0.1) is 6.92 Å². The quantitative estimate of drug-likeness (QED) is 0.777. The molecule has 0 atom stereocenters. The molecule has 0 spiro atoms. The smallest absolute Gasteiger partial charge is 0.126 e. The summed E-state index contributed by atoms with van der Waals surface area (Å²) in [7, 11) is 0. The summed E-state index contributed by atoms with van der Waals surface area (Å²) in [4.78, 5) is 4.10. The van der Waals surface area contributed by atoms with Crippen molar-refractivity contribution in [2.45, 2.75) is 6.92 Å². The maximum absolute atomic E-state index is 9.82. The first kappa shape index (κ1) is 10.3. The topological polar surface area (TPSA) is 58.9 Å². The summed E-state index contributed by atoms with van der Waals surface area (Å²) in [6.07, 6.45) is 4.76. The molecule has 2 heterocycles. The van der Waals surface area contributed by atoms with E-state index < -0.39 is 0 Å². The Kier molecular flexibility index (Phi) is 2.91. The second-order valence-corrected chi connectivity index (χ2v) is 3.37. The van der Waals surface area contributed by atoms with Crippen molar-refractivity contribution >= 4 is 11.8 Å². The molecular formula is C12H11N3O. The molecule has 0 radical (unpaired) electrons. The Bertz CT molecular complexity index is 491. The van der Waals surface area contributed by atoms with Crippen LogP contribution in [0.25, 0.3) is 11.8 Å². The number of aliphatic hydroxyl groups excluding tert-OH is 1. The SMILES string of the molecule is Cc1ccc(C(O)=Cc2cccnn2)cn1. The van der Waals surface area contributed by atoms with Gasteiger partial charge in [0.15, 0.2) is 0 Å². The second-order valence-electron chi connectivity index (χ2n) is 3.37. The summed E-state index contributed by atoms with van der Waals surface area (Å²) in [5.74, 6) is 0.132. The van der Waals surface area contributed by atoms with E-state index in [9.17, 15) is 5.11 Å². The molecule has 0 aromatic carbocycles. The van der Waals surface area contributed by atoms with E-state index in [0.717, 1.165) is 5.69 Å². The van der Waals surface area contributed by atoms with Gasteiger partial charge < -0.3 is 5.11 Å². The van der Waals surface area contributed by atoms with Crippen LogP contribution in [0.3, 0.4) is 0 Å². The fraction of sp³-hybridized carbons (Fsp3) is 0.0833. The third-order valence-corrected chi connectivity index (χ3v) is 2.08. The lowest BCUT2D eigenvalue weighted by atomic mass is 10.2. The van der Waals surface area contributed by atoms with Gasteiger partial charge in [0.2, 0.25) is 0 Å².